The highest BCUT2D eigenvalue weighted by atomic mass is 16.5. The quantitative estimate of drug-likeness (QED) is 0.397. The van der Waals surface area contributed by atoms with Crippen LogP contribution in [0.4, 0.5) is 0 Å². The summed E-state index contributed by atoms with van der Waals surface area (Å²) in [5, 5.41) is 7.95. The van der Waals surface area contributed by atoms with Crippen LogP contribution in [0.25, 0.3) is 10.8 Å². The first-order valence-corrected chi connectivity index (χ1v) is 16.8. The van der Waals surface area contributed by atoms with Gasteiger partial charge in [-0.3, -0.25) is 33.9 Å². The predicted molar refractivity (Wildman–Crippen MR) is 182 cm³/mol. The molecular weight excluding hydrogens is 626 g/mol. The average molecular weight is 670 g/mol. The molecule has 49 heavy (non-hydrogen) atoms. The summed E-state index contributed by atoms with van der Waals surface area (Å²) in [4.78, 5) is 77.9. The first kappa shape index (κ1) is 33.8. The van der Waals surface area contributed by atoms with Crippen molar-refractivity contribution in [3.05, 3.63) is 72.1 Å². The number of likely N-dealkylation sites (tertiary alicyclic amines) is 1. The maximum Gasteiger partial charge on any atom is 0.255 e. The molecule has 5 amide bonds. The first-order valence-electron chi connectivity index (χ1n) is 16.8. The fraction of sp³-hybridized carbons (Fsp3) is 0.444. The van der Waals surface area contributed by atoms with E-state index in [1.54, 1.807) is 18.0 Å². The van der Waals surface area contributed by atoms with E-state index in [-0.39, 0.29) is 56.1 Å². The van der Waals surface area contributed by atoms with E-state index in [0.29, 0.717) is 18.7 Å². The summed E-state index contributed by atoms with van der Waals surface area (Å²) in [6.07, 6.45) is 5.58. The molecule has 0 saturated carbocycles. The number of aromatic nitrogens is 1. The van der Waals surface area contributed by atoms with E-state index in [1.807, 2.05) is 42.5 Å². The summed E-state index contributed by atoms with van der Waals surface area (Å²) in [5.41, 5.74) is 1.03. The second kappa shape index (κ2) is 15.0. The minimum Gasteiger partial charge on any atom is -0.490 e. The van der Waals surface area contributed by atoms with Gasteiger partial charge in [-0.1, -0.05) is 42.5 Å². The lowest BCUT2D eigenvalue weighted by Gasteiger charge is -2.30. The van der Waals surface area contributed by atoms with Crippen LogP contribution in [0.5, 0.6) is 5.75 Å². The van der Waals surface area contributed by atoms with Crippen molar-refractivity contribution in [2.45, 2.75) is 43.8 Å². The van der Waals surface area contributed by atoms with E-state index in [1.165, 1.54) is 29.2 Å². The van der Waals surface area contributed by atoms with E-state index in [9.17, 15) is 24.0 Å². The minimum atomic E-state index is -1.12. The molecule has 3 aliphatic heterocycles. The maximum absolute atomic E-state index is 13.9. The molecular formula is C36H43N7O6. The Morgan fingerprint density at radius 3 is 2.47 bits per heavy atom. The molecule has 1 aromatic heterocycles. The van der Waals surface area contributed by atoms with E-state index in [4.69, 9.17) is 4.74 Å². The molecule has 0 radical (unpaired) electrons. The number of benzene rings is 2. The summed E-state index contributed by atoms with van der Waals surface area (Å²) in [5.74, 6) is -1.35. The molecule has 2 bridgehead atoms. The van der Waals surface area contributed by atoms with Gasteiger partial charge in [0.05, 0.1) is 37.3 Å². The third kappa shape index (κ3) is 8.34. The molecule has 13 heteroatoms. The molecule has 2 fully saturated rings. The minimum absolute atomic E-state index is 0.0263. The fourth-order valence-corrected chi connectivity index (χ4v) is 6.89. The zero-order chi connectivity index (χ0) is 34.5. The van der Waals surface area contributed by atoms with Gasteiger partial charge >= 0.3 is 0 Å². The lowest BCUT2D eigenvalue weighted by atomic mass is 10.0. The first-order chi connectivity index (χ1) is 23.6. The maximum atomic E-state index is 13.9. The Balaban J connectivity index is 1.20. The molecule has 6 rings (SSSR count). The second-order valence-electron chi connectivity index (χ2n) is 13.3. The van der Waals surface area contributed by atoms with Crippen molar-refractivity contribution in [2.75, 3.05) is 60.0 Å². The van der Waals surface area contributed by atoms with Crippen LogP contribution in [0.2, 0.25) is 0 Å². The lowest BCUT2D eigenvalue weighted by molar-refractivity contribution is -0.142. The summed E-state index contributed by atoms with van der Waals surface area (Å²) in [7, 11) is 3.05. The van der Waals surface area contributed by atoms with Crippen molar-refractivity contribution in [3.63, 3.8) is 0 Å². The van der Waals surface area contributed by atoms with Crippen LogP contribution < -0.4 is 15.4 Å². The molecule has 3 atom stereocenters. The Labute approximate surface area is 285 Å². The number of nitrogens with one attached hydrogen (secondary N) is 2. The molecule has 0 unspecified atom stereocenters. The highest BCUT2D eigenvalue weighted by Crippen LogP contribution is 2.22. The molecule has 2 saturated heterocycles. The standard InChI is InChI=1S/C36H43N7O6/c1-40-20-31(39-32(44)14-24-9-10-25-7-3-4-8-26(25)13-24)36(48)41(2)22-34(46)43-19-28(38-33(45)21-42-11-5-6-12-42)16-29(43)23-49-30-15-27(35(40)47)17-37-18-30/h3-4,7-10,13,15,17-18,28-29,31H,5-6,11-12,14,16,19-23H2,1-2H3,(H,38,45)(H,39,44)/t28-,29-,31-/m0/s1. The molecule has 258 valence electrons. The van der Waals surface area contributed by atoms with Gasteiger partial charge in [0.15, 0.2) is 0 Å². The summed E-state index contributed by atoms with van der Waals surface area (Å²) >= 11 is 0. The van der Waals surface area contributed by atoms with Crippen LogP contribution in [0, 0.1) is 0 Å². The van der Waals surface area contributed by atoms with Crippen molar-refractivity contribution in [3.8, 4) is 5.75 Å². The predicted octanol–water partition coefficient (Wildman–Crippen LogP) is 1.07. The number of rotatable bonds is 6. The topological polar surface area (TPSA) is 144 Å². The number of ether oxygens (including phenoxy) is 1. The molecule has 0 spiro atoms. The smallest absolute Gasteiger partial charge is 0.255 e. The van der Waals surface area contributed by atoms with Crippen molar-refractivity contribution in [1.29, 1.82) is 0 Å². The molecule has 13 nitrogen and oxygen atoms in total. The third-order valence-corrected chi connectivity index (χ3v) is 9.43. The number of carbonyl (C=O) groups is 5. The van der Waals surface area contributed by atoms with Gasteiger partial charge in [0.1, 0.15) is 18.4 Å². The number of amides is 5. The Morgan fingerprint density at radius 1 is 0.898 bits per heavy atom. The number of hydrogen-bond donors (Lipinski definition) is 2. The average Bonchev–Trinajstić information content (AvgIpc) is 3.75. The van der Waals surface area contributed by atoms with E-state index in [0.717, 1.165) is 42.3 Å². The normalized spacial score (nSPS) is 22.4. The van der Waals surface area contributed by atoms with Crippen molar-refractivity contribution >= 4 is 40.3 Å². The SMILES string of the molecule is CN1C[C@H](NC(=O)Cc2ccc3ccccc3c2)C(=O)N(C)CC(=O)N2C[C@@H](NC(=O)CN3CCCC3)C[C@H]2COc2cncc(c2)C1=O. The lowest BCUT2D eigenvalue weighted by Crippen LogP contribution is -2.55. The van der Waals surface area contributed by atoms with Gasteiger partial charge in [-0.15, -0.1) is 0 Å². The Kier molecular flexibility index (Phi) is 10.4. The Bertz CT molecular complexity index is 1730. The van der Waals surface area contributed by atoms with Gasteiger partial charge in [-0.2, -0.15) is 0 Å². The van der Waals surface area contributed by atoms with Crippen LogP contribution in [0.15, 0.2) is 60.9 Å². The van der Waals surface area contributed by atoms with Crippen molar-refractivity contribution in [1.82, 2.24) is 35.2 Å². The largest absolute Gasteiger partial charge is 0.490 e. The molecule has 4 heterocycles. The Hall–Kier alpha value is -5.04. The van der Waals surface area contributed by atoms with Crippen LogP contribution in [0.1, 0.15) is 35.2 Å². The van der Waals surface area contributed by atoms with Gasteiger partial charge in [0.25, 0.3) is 5.91 Å². The molecule has 0 aliphatic carbocycles. The van der Waals surface area contributed by atoms with Crippen LogP contribution in [-0.4, -0.2) is 132 Å². The molecule has 3 aliphatic rings. The van der Waals surface area contributed by atoms with E-state index >= 15 is 0 Å². The highest BCUT2D eigenvalue weighted by Gasteiger charge is 2.38. The third-order valence-electron chi connectivity index (χ3n) is 9.43. The monoisotopic (exact) mass is 669 g/mol. The van der Waals surface area contributed by atoms with Crippen LogP contribution in [0.3, 0.4) is 0 Å². The number of hydrogen-bond acceptors (Lipinski definition) is 8. The van der Waals surface area contributed by atoms with Gasteiger partial charge in [-0.25, -0.2) is 0 Å². The number of likely N-dealkylation sites (N-methyl/N-ethyl adjacent to an activating group) is 2. The summed E-state index contributed by atoms with van der Waals surface area (Å²) in [6, 6.07) is 13.4. The van der Waals surface area contributed by atoms with E-state index in [2.05, 4.69) is 20.5 Å². The molecule has 2 aromatic carbocycles. The second-order valence-corrected chi connectivity index (χ2v) is 13.3. The van der Waals surface area contributed by atoms with Gasteiger partial charge in [-0.05, 0) is 54.8 Å². The summed E-state index contributed by atoms with van der Waals surface area (Å²) < 4.78 is 6.05. The van der Waals surface area contributed by atoms with E-state index < -0.39 is 29.8 Å². The zero-order valence-corrected chi connectivity index (χ0v) is 28.0. The van der Waals surface area contributed by atoms with Crippen molar-refractivity contribution in [2.24, 2.45) is 0 Å². The number of nitrogens with zero attached hydrogens (tertiary/aromatic N) is 5. The highest BCUT2D eigenvalue weighted by molar-refractivity contribution is 5.96. The summed E-state index contributed by atoms with van der Waals surface area (Å²) in [6.45, 7) is 2.11. The van der Waals surface area contributed by atoms with Gasteiger partial charge < -0.3 is 30.1 Å². The fourth-order valence-electron chi connectivity index (χ4n) is 6.89. The van der Waals surface area contributed by atoms with Crippen molar-refractivity contribution < 1.29 is 28.7 Å². The Morgan fingerprint density at radius 2 is 1.67 bits per heavy atom. The molecule has 2 N–H and O–H groups in total. The zero-order valence-electron chi connectivity index (χ0n) is 28.0. The number of pyridine rings is 1. The number of carbonyl (C=O) groups excluding carboxylic acids is 5. The number of fused-ring (bicyclic) bond motifs is 4. The van der Waals surface area contributed by atoms with Crippen LogP contribution >= 0.6 is 0 Å². The molecule has 3 aromatic rings. The van der Waals surface area contributed by atoms with Crippen LogP contribution in [-0.2, 0) is 25.6 Å². The van der Waals surface area contributed by atoms with Gasteiger partial charge in [0, 0.05) is 39.4 Å². The van der Waals surface area contributed by atoms with Gasteiger partial charge in [0.2, 0.25) is 23.6 Å².